The first kappa shape index (κ1) is 18.5. The van der Waals surface area contributed by atoms with Gasteiger partial charge in [0.15, 0.2) is 0 Å². The molecule has 29 heavy (non-hydrogen) atoms. The Morgan fingerprint density at radius 1 is 0.690 bits per heavy atom. The van der Waals surface area contributed by atoms with Crippen LogP contribution in [0.25, 0.3) is 0 Å². The van der Waals surface area contributed by atoms with Gasteiger partial charge in [-0.15, -0.1) is 0 Å². The van der Waals surface area contributed by atoms with Gasteiger partial charge in [0.1, 0.15) is 17.2 Å². The summed E-state index contributed by atoms with van der Waals surface area (Å²) in [5.41, 5.74) is 2.61. The lowest BCUT2D eigenvalue weighted by Crippen LogP contribution is -2.28. The van der Waals surface area contributed by atoms with E-state index in [2.05, 4.69) is 54.6 Å². The molecule has 2 aliphatic rings. The summed E-state index contributed by atoms with van der Waals surface area (Å²) < 4.78 is 18.3. The molecule has 0 bridgehead atoms. The molecule has 148 valence electrons. The van der Waals surface area contributed by atoms with Crippen molar-refractivity contribution < 1.29 is 14.2 Å². The molecule has 3 nitrogen and oxygen atoms in total. The predicted molar refractivity (Wildman–Crippen MR) is 119 cm³/mol. The molecule has 3 aromatic carbocycles. The highest BCUT2D eigenvalue weighted by atomic mass is 31.1. The highest BCUT2D eigenvalue weighted by molar-refractivity contribution is 7.80. The van der Waals surface area contributed by atoms with Gasteiger partial charge in [0.05, 0.1) is 20.3 Å². The van der Waals surface area contributed by atoms with Crippen LogP contribution in [0, 0.1) is 0 Å². The summed E-state index contributed by atoms with van der Waals surface area (Å²) in [6, 6.07) is 21.6. The van der Waals surface area contributed by atoms with Gasteiger partial charge in [-0.05, 0) is 50.8 Å². The average Bonchev–Trinajstić information content (AvgIpc) is 2.80. The molecule has 2 heterocycles. The summed E-state index contributed by atoms with van der Waals surface area (Å²) in [4.78, 5) is 0. The third kappa shape index (κ3) is 3.38. The molecular formula is C25H25O3P. The smallest absolute Gasteiger partial charge is 0.130 e. The number of methoxy groups -OCH3 is 1. The Morgan fingerprint density at radius 2 is 1.24 bits per heavy atom. The molecule has 0 radical (unpaired) electrons. The number of aryl methyl sites for hydroxylation is 2. The molecule has 3 aromatic rings. The second kappa shape index (κ2) is 8.08. The third-order valence-corrected chi connectivity index (χ3v) is 8.15. The first-order valence-corrected chi connectivity index (χ1v) is 11.6. The molecule has 0 fully saturated rings. The molecular weight excluding hydrogens is 379 g/mol. The van der Waals surface area contributed by atoms with Crippen LogP contribution in [0.15, 0.2) is 60.7 Å². The molecule has 0 amide bonds. The van der Waals surface area contributed by atoms with E-state index in [0.717, 1.165) is 56.1 Å². The lowest BCUT2D eigenvalue weighted by atomic mass is 10.1. The zero-order valence-electron chi connectivity index (χ0n) is 16.7. The molecule has 0 aromatic heterocycles. The standard InChI is InChI=1S/C25H25O3P/c1-26-20-12-2-3-13-21(20)29(22-14-4-8-18-10-6-16-27-24(18)22)23-15-5-9-19-11-7-17-28-25(19)23/h2-5,8-9,12-15H,6-7,10-11,16-17H2,1H3. The zero-order chi connectivity index (χ0) is 19.6. The van der Waals surface area contributed by atoms with Gasteiger partial charge in [0.25, 0.3) is 0 Å². The van der Waals surface area contributed by atoms with Gasteiger partial charge in [0, 0.05) is 15.9 Å². The van der Waals surface area contributed by atoms with E-state index >= 15 is 0 Å². The van der Waals surface area contributed by atoms with Crippen LogP contribution in [0.2, 0.25) is 0 Å². The Balaban J connectivity index is 1.76. The monoisotopic (exact) mass is 404 g/mol. The van der Waals surface area contributed by atoms with Gasteiger partial charge < -0.3 is 14.2 Å². The maximum absolute atomic E-state index is 6.23. The van der Waals surface area contributed by atoms with E-state index in [1.165, 1.54) is 27.0 Å². The third-order valence-electron chi connectivity index (χ3n) is 5.63. The highest BCUT2D eigenvalue weighted by Crippen LogP contribution is 2.44. The second-order valence-corrected chi connectivity index (χ2v) is 9.56. The Labute approximate surface area is 173 Å². The van der Waals surface area contributed by atoms with Gasteiger partial charge >= 0.3 is 0 Å². The van der Waals surface area contributed by atoms with Crippen molar-refractivity contribution in [3.63, 3.8) is 0 Å². The summed E-state index contributed by atoms with van der Waals surface area (Å²) >= 11 is 0. The van der Waals surface area contributed by atoms with E-state index in [4.69, 9.17) is 14.2 Å². The molecule has 0 saturated heterocycles. The molecule has 2 aliphatic heterocycles. The van der Waals surface area contributed by atoms with Crippen molar-refractivity contribution in [3.05, 3.63) is 71.8 Å². The Hall–Kier alpha value is -2.51. The summed E-state index contributed by atoms with van der Waals surface area (Å²) in [7, 11) is 0.873. The average molecular weight is 404 g/mol. The fourth-order valence-electron chi connectivity index (χ4n) is 4.30. The first-order chi connectivity index (χ1) is 14.4. The van der Waals surface area contributed by atoms with Crippen molar-refractivity contribution in [1.82, 2.24) is 0 Å². The number of ether oxygens (including phenoxy) is 3. The SMILES string of the molecule is COc1ccccc1P(c1cccc2c1OCCC2)c1cccc2c1OCCC2. The van der Waals surface area contributed by atoms with Gasteiger partial charge in [0.2, 0.25) is 0 Å². The van der Waals surface area contributed by atoms with Crippen LogP contribution in [0.5, 0.6) is 17.2 Å². The van der Waals surface area contributed by atoms with Crippen LogP contribution in [0.3, 0.4) is 0 Å². The lowest BCUT2D eigenvalue weighted by molar-refractivity contribution is 0.290. The highest BCUT2D eigenvalue weighted by Gasteiger charge is 2.29. The number of hydrogen-bond donors (Lipinski definition) is 0. The second-order valence-electron chi connectivity index (χ2n) is 7.44. The summed E-state index contributed by atoms with van der Waals surface area (Å²) in [6.07, 6.45) is 4.29. The molecule has 0 N–H and O–H groups in total. The van der Waals surface area contributed by atoms with Crippen molar-refractivity contribution in [2.24, 2.45) is 0 Å². The first-order valence-electron chi connectivity index (χ1n) is 10.3. The Morgan fingerprint density at radius 3 is 1.83 bits per heavy atom. The number of rotatable bonds is 4. The van der Waals surface area contributed by atoms with E-state index in [1.54, 1.807) is 7.11 Å². The van der Waals surface area contributed by atoms with Gasteiger partial charge in [-0.2, -0.15) is 0 Å². The molecule has 0 spiro atoms. The number of benzene rings is 3. The van der Waals surface area contributed by atoms with E-state index in [9.17, 15) is 0 Å². The topological polar surface area (TPSA) is 27.7 Å². The molecule has 0 unspecified atom stereocenters. The van der Waals surface area contributed by atoms with E-state index in [-0.39, 0.29) is 0 Å². The van der Waals surface area contributed by atoms with Crippen LogP contribution in [0.4, 0.5) is 0 Å². The normalized spacial score (nSPS) is 15.1. The van der Waals surface area contributed by atoms with Crippen LogP contribution >= 0.6 is 7.92 Å². The van der Waals surface area contributed by atoms with E-state index in [0.29, 0.717) is 0 Å². The Bertz CT molecular complexity index is 971. The van der Waals surface area contributed by atoms with Crippen LogP contribution < -0.4 is 30.1 Å². The van der Waals surface area contributed by atoms with Crippen LogP contribution in [-0.2, 0) is 12.8 Å². The van der Waals surface area contributed by atoms with Crippen molar-refractivity contribution in [3.8, 4) is 17.2 Å². The molecule has 4 heteroatoms. The van der Waals surface area contributed by atoms with E-state index in [1.807, 2.05) is 6.07 Å². The zero-order valence-corrected chi connectivity index (χ0v) is 17.6. The number of para-hydroxylation sites is 3. The van der Waals surface area contributed by atoms with Gasteiger partial charge in [-0.1, -0.05) is 54.6 Å². The molecule has 5 rings (SSSR count). The Kier molecular flexibility index (Phi) is 5.16. The summed E-state index contributed by atoms with van der Waals surface area (Å²) in [5.74, 6) is 3.04. The lowest BCUT2D eigenvalue weighted by Gasteiger charge is -2.29. The van der Waals surface area contributed by atoms with E-state index < -0.39 is 7.92 Å². The van der Waals surface area contributed by atoms with Crippen molar-refractivity contribution in [1.29, 1.82) is 0 Å². The fourth-order valence-corrected chi connectivity index (χ4v) is 6.99. The van der Waals surface area contributed by atoms with Gasteiger partial charge in [-0.25, -0.2) is 0 Å². The molecule has 0 aliphatic carbocycles. The molecule has 0 atom stereocenters. The molecule has 0 saturated carbocycles. The minimum atomic E-state index is -0.877. The van der Waals surface area contributed by atoms with Crippen LogP contribution in [-0.4, -0.2) is 20.3 Å². The number of hydrogen-bond acceptors (Lipinski definition) is 3. The predicted octanol–water partition coefficient (Wildman–Crippen LogP) is 4.10. The van der Waals surface area contributed by atoms with Crippen molar-refractivity contribution in [2.45, 2.75) is 25.7 Å². The minimum Gasteiger partial charge on any atom is -0.496 e. The summed E-state index contributed by atoms with van der Waals surface area (Å²) in [6.45, 7) is 1.56. The van der Waals surface area contributed by atoms with Crippen LogP contribution in [0.1, 0.15) is 24.0 Å². The fraction of sp³-hybridized carbons (Fsp3) is 0.280. The maximum Gasteiger partial charge on any atom is 0.130 e. The minimum absolute atomic E-state index is 0.780. The van der Waals surface area contributed by atoms with Gasteiger partial charge in [-0.3, -0.25) is 0 Å². The van der Waals surface area contributed by atoms with Crippen molar-refractivity contribution >= 4 is 23.8 Å². The number of fused-ring (bicyclic) bond motifs is 2. The largest absolute Gasteiger partial charge is 0.496 e. The maximum atomic E-state index is 6.23. The van der Waals surface area contributed by atoms with Crippen molar-refractivity contribution in [2.75, 3.05) is 20.3 Å². The quantitative estimate of drug-likeness (QED) is 0.613. The summed E-state index contributed by atoms with van der Waals surface area (Å²) in [5, 5.41) is 3.71.